The summed E-state index contributed by atoms with van der Waals surface area (Å²) in [5, 5.41) is 7.62. The van der Waals surface area contributed by atoms with Crippen LogP contribution in [0, 0.1) is 5.41 Å². The van der Waals surface area contributed by atoms with E-state index in [4.69, 9.17) is 0 Å². The van der Waals surface area contributed by atoms with Gasteiger partial charge in [-0.3, -0.25) is 4.68 Å². The third kappa shape index (κ3) is 4.90. The maximum Gasteiger partial charge on any atom is 0.0521 e. The van der Waals surface area contributed by atoms with Crippen LogP contribution in [0.3, 0.4) is 0 Å². The quantitative estimate of drug-likeness (QED) is 0.771. The summed E-state index contributed by atoms with van der Waals surface area (Å²) < 4.78 is 1.88. The summed E-state index contributed by atoms with van der Waals surface area (Å²) in [5.41, 5.74) is 1.70. The number of hydrogen-bond donors (Lipinski definition) is 1. The average molecular weight is 237 g/mol. The minimum Gasteiger partial charge on any atom is -0.316 e. The normalized spacial score (nSPS) is 13.9. The fourth-order valence-corrected chi connectivity index (χ4v) is 2.29. The molecule has 1 atom stereocenters. The zero-order chi connectivity index (χ0) is 12.9. The Morgan fingerprint density at radius 1 is 1.35 bits per heavy atom. The molecule has 1 unspecified atom stereocenters. The van der Waals surface area contributed by atoms with E-state index in [1.807, 2.05) is 17.9 Å². The molecular formula is C14H27N3. The van der Waals surface area contributed by atoms with Gasteiger partial charge in [-0.2, -0.15) is 5.10 Å². The van der Waals surface area contributed by atoms with Crippen LogP contribution < -0.4 is 5.32 Å². The van der Waals surface area contributed by atoms with E-state index in [-0.39, 0.29) is 0 Å². The highest BCUT2D eigenvalue weighted by atomic mass is 15.2. The summed E-state index contributed by atoms with van der Waals surface area (Å²) in [6.45, 7) is 6.90. The van der Waals surface area contributed by atoms with E-state index in [2.05, 4.69) is 44.4 Å². The molecule has 0 aliphatic heterocycles. The Morgan fingerprint density at radius 2 is 2.06 bits per heavy atom. The zero-order valence-electron chi connectivity index (χ0n) is 12.0. The molecule has 0 amide bonds. The number of aryl methyl sites for hydroxylation is 2. The molecular weight excluding hydrogens is 210 g/mol. The Balaban J connectivity index is 2.23. The largest absolute Gasteiger partial charge is 0.316 e. The van der Waals surface area contributed by atoms with E-state index in [9.17, 15) is 0 Å². The second kappa shape index (κ2) is 6.20. The molecule has 17 heavy (non-hydrogen) atoms. The lowest BCUT2D eigenvalue weighted by atomic mass is 9.83. The Hall–Kier alpha value is -0.830. The molecule has 0 aliphatic carbocycles. The van der Waals surface area contributed by atoms with Crippen molar-refractivity contribution in [2.45, 2.75) is 52.5 Å². The minimum absolute atomic E-state index is 0.350. The van der Waals surface area contributed by atoms with Crippen LogP contribution in [0.4, 0.5) is 0 Å². The fraction of sp³-hybridized carbons (Fsp3) is 0.786. The molecule has 1 aromatic heterocycles. The van der Waals surface area contributed by atoms with E-state index in [1.54, 1.807) is 0 Å². The standard InChI is InChI=1S/C14H27N3/c1-14(2,3)13(15-4)9-7-6-8-12-10-16-17(5)11-12/h10-11,13,15H,6-9H2,1-5H3. The smallest absolute Gasteiger partial charge is 0.0521 e. The van der Waals surface area contributed by atoms with Crippen molar-refractivity contribution < 1.29 is 0 Å². The number of hydrogen-bond acceptors (Lipinski definition) is 2. The van der Waals surface area contributed by atoms with Gasteiger partial charge < -0.3 is 5.32 Å². The first-order valence-corrected chi connectivity index (χ1v) is 6.58. The summed E-state index contributed by atoms with van der Waals surface area (Å²) in [4.78, 5) is 0. The van der Waals surface area contributed by atoms with Gasteiger partial charge in [-0.1, -0.05) is 27.2 Å². The fourth-order valence-electron chi connectivity index (χ4n) is 2.29. The Bertz CT molecular complexity index is 322. The molecule has 1 aromatic rings. The predicted molar refractivity (Wildman–Crippen MR) is 73.1 cm³/mol. The number of nitrogens with one attached hydrogen (secondary N) is 1. The van der Waals surface area contributed by atoms with Gasteiger partial charge in [0.15, 0.2) is 0 Å². The van der Waals surface area contributed by atoms with Crippen LogP contribution in [0.15, 0.2) is 12.4 Å². The minimum atomic E-state index is 0.350. The van der Waals surface area contributed by atoms with Crippen LogP contribution in [-0.4, -0.2) is 22.9 Å². The van der Waals surface area contributed by atoms with Gasteiger partial charge in [0, 0.05) is 19.3 Å². The van der Waals surface area contributed by atoms with Gasteiger partial charge in [-0.25, -0.2) is 0 Å². The van der Waals surface area contributed by atoms with Crippen LogP contribution in [0.1, 0.15) is 45.6 Å². The highest BCUT2D eigenvalue weighted by Gasteiger charge is 2.21. The maximum absolute atomic E-state index is 4.19. The topological polar surface area (TPSA) is 29.9 Å². The van der Waals surface area contributed by atoms with Gasteiger partial charge in [0.25, 0.3) is 0 Å². The van der Waals surface area contributed by atoms with E-state index in [0.29, 0.717) is 11.5 Å². The van der Waals surface area contributed by atoms with Crippen molar-refractivity contribution in [3.8, 4) is 0 Å². The van der Waals surface area contributed by atoms with E-state index >= 15 is 0 Å². The predicted octanol–water partition coefficient (Wildman–Crippen LogP) is 2.77. The van der Waals surface area contributed by atoms with Crippen molar-refractivity contribution in [3.05, 3.63) is 18.0 Å². The molecule has 0 bridgehead atoms. The highest BCUT2D eigenvalue weighted by Crippen LogP contribution is 2.23. The van der Waals surface area contributed by atoms with Crippen molar-refractivity contribution in [3.63, 3.8) is 0 Å². The van der Waals surface area contributed by atoms with E-state index in [0.717, 1.165) is 6.42 Å². The second-order valence-electron chi connectivity index (χ2n) is 5.98. The molecule has 1 heterocycles. The van der Waals surface area contributed by atoms with Crippen molar-refractivity contribution in [2.75, 3.05) is 7.05 Å². The van der Waals surface area contributed by atoms with Crippen LogP contribution >= 0.6 is 0 Å². The number of nitrogens with zero attached hydrogens (tertiary/aromatic N) is 2. The third-order valence-electron chi connectivity index (χ3n) is 3.36. The number of unbranched alkanes of at least 4 members (excludes halogenated alkanes) is 1. The summed E-state index contributed by atoms with van der Waals surface area (Å²) in [7, 11) is 4.04. The lowest BCUT2D eigenvalue weighted by Crippen LogP contribution is -2.37. The lowest BCUT2D eigenvalue weighted by Gasteiger charge is -2.30. The maximum atomic E-state index is 4.19. The van der Waals surface area contributed by atoms with Gasteiger partial charge in [-0.05, 0) is 37.3 Å². The SMILES string of the molecule is CNC(CCCCc1cnn(C)c1)C(C)(C)C. The summed E-state index contributed by atoms with van der Waals surface area (Å²) in [5.74, 6) is 0. The lowest BCUT2D eigenvalue weighted by molar-refractivity contribution is 0.262. The first-order chi connectivity index (χ1) is 7.93. The van der Waals surface area contributed by atoms with Crippen LogP contribution in [0.2, 0.25) is 0 Å². The van der Waals surface area contributed by atoms with Crippen LogP contribution in [0.5, 0.6) is 0 Å². The third-order valence-corrected chi connectivity index (χ3v) is 3.36. The molecule has 1 N–H and O–H groups in total. The van der Waals surface area contributed by atoms with Crippen LogP contribution in [0.25, 0.3) is 0 Å². The molecule has 0 fully saturated rings. The first-order valence-electron chi connectivity index (χ1n) is 6.58. The summed E-state index contributed by atoms with van der Waals surface area (Å²) >= 11 is 0. The first kappa shape index (κ1) is 14.2. The molecule has 3 nitrogen and oxygen atoms in total. The Morgan fingerprint density at radius 3 is 2.53 bits per heavy atom. The molecule has 1 rings (SSSR count). The molecule has 0 saturated heterocycles. The summed E-state index contributed by atoms with van der Waals surface area (Å²) in [6, 6.07) is 0.608. The van der Waals surface area contributed by atoms with Gasteiger partial charge in [0.05, 0.1) is 6.20 Å². The van der Waals surface area contributed by atoms with Crippen molar-refractivity contribution >= 4 is 0 Å². The Labute approximate surface area is 106 Å². The molecule has 0 spiro atoms. The molecule has 0 aliphatic rings. The number of rotatable bonds is 6. The summed E-state index contributed by atoms with van der Waals surface area (Å²) in [6.07, 6.45) is 9.00. The van der Waals surface area contributed by atoms with Gasteiger partial charge in [0.1, 0.15) is 0 Å². The van der Waals surface area contributed by atoms with Crippen molar-refractivity contribution in [1.29, 1.82) is 0 Å². The van der Waals surface area contributed by atoms with Gasteiger partial charge in [-0.15, -0.1) is 0 Å². The van der Waals surface area contributed by atoms with Crippen molar-refractivity contribution in [2.24, 2.45) is 12.5 Å². The number of aromatic nitrogens is 2. The zero-order valence-corrected chi connectivity index (χ0v) is 12.0. The van der Waals surface area contributed by atoms with Crippen LogP contribution in [-0.2, 0) is 13.5 Å². The van der Waals surface area contributed by atoms with E-state index < -0.39 is 0 Å². The molecule has 3 heteroatoms. The van der Waals surface area contributed by atoms with E-state index in [1.165, 1.54) is 24.8 Å². The average Bonchev–Trinajstić information content (AvgIpc) is 2.62. The van der Waals surface area contributed by atoms with Gasteiger partial charge in [0.2, 0.25) is 0 Å². The van der Waals surface area contributed by atoms with Gasteiger partial charge >= 0.3 is 0 Å². The Kier molecular flexibility index (Phi) is 5.19. The molecule has 0 aromatic carbocycles. The molecule has 0 radical (unpaired) electrons. The molecule has 98 valence electrons. The molecule has 0 saturated carbocycles. The monoisotopic (exact) mass is 237 g/mol. The highest BCUT2D eigenvalue weighted by molar-refractivity contribution is 5.03. The second-order valence-corrected chi connectivity index (χ2v) is 5.98. The van der Waals surface area contributed by atoms with Crippen molar-refractivity contribution in [1.82, 2.24) is 15.1 Å².